The van der Waals surface area contributed by atoms with E-state index in [0.717, 1.165) is 58.6 Å². The van der Waals surface area contributed by atoms with Gasteiger partial charge in [0.15, 0.2) is 5.78 Å². The predicted molar refractivity (Wildman–Crippen MR) is 135 cm³/mol. The van der Waals surface area contributed by atoms with Crippen molar-refractivity contribution in [3.8, 4) is 0 Å². The van der Waals surface area contributed by atoms with Crippen LogP contribution < -0.4 is 5.73 Å². The van der Waals surface area contributed by atoms with Crippen LogP contribution in [0.5, 0.6) is 0 Å². The lowest BCUT2D eigenvalue weighted by molar-refractivity contribution is -0.000133. The molecule has 2 heterocycles. The van der Waals surface area contributed by atoms with Crippen molar-refractivity contribution >= 4 is 22.4 Å². The number of H-pyrrole nitrogens is 1. The molecule has 2 aromatic rings. The van der Waals surface area contributed by atoms with E-state index < -0.39 is 0 Å². The molecule has 3 aliphatic rings. The highest BCUT2D eigenvalue weighted by atomic mass is 16.5. The summed E-state index contributed by atoms with van der Waals surface area (Å²) in [7, 11) is 1.65. The number of carbonyl (C=O) groups is 1. The second-order valence-electron chi connectivity index (χ2n) is 9.89. The number of Topliss-reactive ketones (excluding diaryl/α,β-unsaturated/α-hetero) is 1. The van der Waals surface area contributed by atoms with E-state index in [-0.39, 0.29) is 17.2 Å². The number of ketones is 1. The summed E-state index contributed by atoms with van der Waals surface area (Å²) < 4.78 is 22.5. The summed E-state index contributed by atoms with van der Waals surface area (Å²) in [5.41, 5.74) is 10.9. The summed E-state index contributed by atoms with van der Waals surface area (Å²) in [6.07, 6.45) is 2.72. The number of benzene rings is 1. The van der Waals surface area contributed by atoms with Crippen molar-refractivity contribution in [2.24, 2.45) is 0 Å². The number of morpholine rings is 1. The van der Waals surface area contributed by atoms with Gasteiger partial charge in [-0.3, -0.25) is 9.69 Å². The van der Waals surface area contributed by atoms with Crippen LogP contribution in [0.15, 0.2) is 41.2 Å². The molecular weight excluding hydrogens is 446 g/mol. The molecule has 8 heteroatoms. The number of ether oxygens (including phenoxy) is 4. The lowest BCUT2D eigenvalue weighted by atomic mass is 9.67. The van der Waals surface area contributed by atoms with E-state index in [1.165, 1.54) is 0 Å². The van der Waals surface area contributed by atoms with Crippen molar-refractivity contribution in [2.45, 2.75) is 31.7 Å². The third-order valence-corrected chi connectivity index (χ3v) is 7.43. The summed E-state index contributed by atoms with van der Waals surface area (Å²) in [4.78, 5) is 19.8. The fourth-order valence-electron chi connectivity index (χ4n) is 5.53. The van der Waals surface area contributed by atoms with Crippen LogP contribution in [0.4, 0.5) is 5.69 Å². The Morgan fingerprint density at radius 3 is 2.71 bits per heavy atom. The van der Waals surface area contributed by atoms with Gasteiger partial charge in [0.25, 0.3) is 0 Å². The minimum atomic E-state index is -0.331. The molecule has 5 rings (SSSR count). The van der Waals surface area contributed by atoms with Gasteiger partial charge in [-0.25, -0.2) is 0 Å². The van der Waals surface area contributed by atoms with Gasteiger partial charge in [0.2, 0.25) is 0 Å². The molecule has 35 heavy (non-hydrogen) atoms. The van der Waals surface area contributed by atoms with E-state index in [0.29, 0.717) is 45.3 Å². The van der Waals surface area contributed by atoms with E-state index in [1.807, 2.05) is 24.3 Å². The van der Waals surface area contributed by atoms with Crippen molar-refractivity contribution in [3.63, 3.8) is 0 Å². The Bertz CT molecular complexity index is 1170. The highest BCUT2D eigenvalue weighted by Gasteiger charge is 2.45. The van der Waals surface area contributed by atoms with Crippen LogP contribution in [0.1, 0.15) is 36.3 Å². The van der Waals surface area contributed by atoms with Gasteiger partial charge in [0, 0.05) is 53.5 Å². The van der Waals surface area contributed by atoms with E-state index in [1.54, 1.807) is 7.11 Å². The molecule has 0 saturated carbocycles. The summed E-state index contributed by atoms with van der Waals surface area (Å²) in [6, 6.07) is 5.76. The van der Waals surface area contributed by atoms with Gasteiger partial charge >= 0.3 is 0 Å². The fraction of sp³-hybridized carbons (Fsp3) is 0.519. The molecule has 1 atom stereocenters. The zero-order chi connectivity index (χ0) is 24.6. The average molecular weight is 482 g/mol. The molecular formula is C27H35N3O5. The summed E-state index contributed by atoms with van der Waals surface area (Å²) >= 11 is 0. The maximum Gasteiger partial charge on any atom is 0.195 e. The number of anilines is 1. The molecule has 0 amide bonds. The number of nitrogens with zero attached hydrogens (tertiary/aromatic N) is 1. The van der Waals surface area contributed by atoms with E-state index >= 15 is 0 Å². The first-order valence-corrected chi connectivity index (χ1v) is 12.3. The number of aromatic nitrogens is 1. The normalized spacial score (nSPS) is 22.2. The lowest BCUT2D eigenvalue weighted by Crippen LogP contribution is -2.48. The van der Waals surface area contributed by atoms with E-state index in [9.17, 15) is 4.79 Å². The second-order valence-corrected chi connectivity index (χ2v) is 9.89. The van der Waals surface area contributed by atoms with Crippen molar-refractivity contribution in [3.05, 3.63) is 52.4 Å². The van der Waals surface area contributed by atoms with Crippen LogP contribution in [0, 0.1) is 0 Å². The van der Waals surface area contributed by atoms with Crippen LogP contribution in [-0.4, -0.2) is 81.5 Å². The Kier molecular flexibility index (Phi) is 6.72. The topological polar surface area (TPSA) is 99.0 Å². The maximum atomic E-state index is 13.9. The zero-order valence-corrected chi connectivity index (χ0v) is 20.8. The van der Waals surface area contributed by atoms with Gasteiger partial charge in [-0.1, -0.05) is 19.9 Å². The first-order valence-electron chi connectivity index (χ1n) is 12.3. The fourth-order valence-corrected chi connectivity index (χ4v) is 5.53. The van der Waals surface area contributed by atoms with Crippen molar-refractivity contribution < 1.29 is 23.7 Å². The number of allylic oxidation sites excluding steroid dienone is 2. The number of methoxy groups -OCH3 is 1. The van der Waals surface area contributed by atoms with Crippen LogP contribution in [-0.2, 0) is 24.4 Å². The molecule has 1 saturated heterocycles. The zero-order valence-electron chi connectivity index (χ0n) is 20.8. The number of nitrogens with two attached hydrogens (primary N) is 1. The number of aromatic amines is 1. The second kappa shape index (κ2) is 9.78. The predicted octanol–water partition coefficient (Wildman–Crippen LogP) is 3.19. The standard InChI is InChI=1S/C27H35N3O5/c1-27(2)20-16-22(30-6-8-33-9-7-30)23(35-13-12-34-11-10-32-3)15-19(20)25(31)24-18-5-4-17(28)14-21(18)29-26(24)27/h4-5,14-15,22,29H,6-13,16,28H2,1-3H3. The number of hydrogen-bond acceptors (Lipinski definition) is 7. The van der Waals surface area contributed by atoms with Crippen molar-refractivity contribution in [2.75, 3.05) is 65.6 Å². The average Bonchev–Trinajstić information content (AvgIpc) is 3.25. The first-order chi connectivity index (χ1) is 16.9. The number of rotatable bonds is 8. The quantitative estimate of drug-likeness (QED) is 0.441. The van der Waals surface area contributed by atoms with Gasteiger partial charge < -0.3 is 29.7 Å². The first kappa shape index (κ1) is 24.1. The van der Waals surface area contributed by atoms with Crippen LogP contribution in [0.3, 0.4) is 0 Å². The Labute approximate surface area is 206 Å². The molecule has 3 N–H and O–H groups in total. The lowest BCUT2D eigenvalue weighted by Gasteiger charge is -2.43. The molecule has 8 nitrogen and oxygen atoms in total. The van der Waals surface area contributed by atoms with Crippen LogP contribution in [0.25, 0.3) is 10.9 Å². The van der Waals surface area contributed by atoms with Gasteiger partial charge in [-0.15, -0.1) is 0 Å². The largest absolute Gasteiger partial charge is 0.494 e. The monoisotopic (exact) mass is 481 g/mol. The maximum absolute atomic E-state index is 13.9. The molecule has 1 unspecified atom stereocenters. The number of hydrogen-bond donors (Lipinski definition) is 2. The molecule has 0 spiro atoms. The van der Waals surface area contributed by atoms with Gasteiger partial charge in [-0.2, -0.15) is 0 Å². The number of fused-ring (bicyclic) bond motifs is 3. The SMILES string of the molecule is COCCOCCOC1=CC2=C(CC1N1CCOCC1)C(C)(C)c1[nH]c3cc(N)ccc3c1C2=O. The van der Waals surface area contributed by atoms with Crippen LogP contribution >= 0.6 is 0 Å². The smallest absolute Gasteiger partial charge is 0.195 e. The third kappa shape index (κ3) is 4.40. The summed E-state index contributed by atoms with van der Waals surface area (Å²) in [6.45, 7) is 9.45. The molecule has 1 fully saturated rings. The van der Waals surface area contributed by atoms with E-state index in [4.69, 9.17) is 24.7 Å². The molecule has 0 bridgehead atoms. The summed E-state index contributed by atoms with van der Waals surface area (Å²) in [5, 5.41) is 0.913. The Balaban J connectivity index is 1.49. The molecule has 2 aliphatic carbocycles. The molecule has 188 valence electrons. The summed E-state index contributed by atoms with van der Waals surface area (Å²) in [5.74, 6) is 0.876. The molecule has 0 radical (unpaired) electrons. The molecule has 1 aliphatic heterocycles. The minimum Gasteiger partial charge on any atom is -0.494 e. The number of nitrogen functional groups attached to an aromatic ring is 1. The molecule has 1 aromatic carbocycles. The highest BCUT2D eigenvalue weighted by molar-refractivity contribution is 6.21. The van der Waals surface area contributed by atoms with Gasteiger partial charge in [-0.05, 0) is 30.2 Å². The van der Waals surface area contributed by atoms with E-state index in [2.05, 4.69) is 23.7 Å². The van der Waals surface area contributed by atoms with Crippen molar-refractivity contribution in [1.82, 2.24) is 9.88 Å². The number of carbonyl (C=O) groups excluding carboxylic acids is 1. The Morgan fingerprint density at radius 2 is 1.94 bits per heavy atom. The Morgan fingerprint density at radius 1 is 1.17 bits per heavy atom. The minimum absolute atomic E-state index is 0.0446. The Hall–Kier alpha value is -2.65. The third-order valence-electron chi connectivity index (χ3n) is 7.43. The van der Waals surface area contributed by atoms with Gasteiger partial charge in [0.05, 0.1) is 44.6 Å². The van der Waals surface area contributed by atoms with Crippen molar-refractivity contribution in [1.29, 1.82) is 0 Å². The number of nitrogens with one attached hydrogen (secondary N) is 1. The highest BCUT2D eigenvalue weighted by Crippen LogP contribution is 2.48. The van der Waals surface area contributed by atoms with Gasteiger partial charge in [0.1, 0.15) is 12.4 Å². The van der Waals surface area contributed by atoms with Crippen LogP contribution in [0.2, 0.25) is 0 Å². The molecule has 1 aromatic heterocycles.